The molecule has 0 unspecified atom stereocenters. The third kappa shape index (κ3) is 2.80. The average molecular weight is 439 g/mol. The number of thiocarbonyl (C=S) groups is 2. The van der Waals surface area contributed by atoms with Gasteiger partial charge in [0.1, 0.15) is 11.3 Å². The molecule has 5 aromatic rings. The van der Waals surface area contributed by atoms with Crippen LogP contribution < -0.4 is 0 Å². The van der Waals surface area contributed by atoms with Crippen molar-refractivity contribution in [2.24, 2.45) is 0 Å². The third-order valence-electron chi connectivity index (χ3n) is 5.44. The zero-order chi connectivity index (χ0) is 20.2. The minimum atomic E-state index is 0.785. The van der Waals surface area contributed by atoms with Crippen molar-refractivity contribution in [2.45, 2.75) is 0 Å². The summed E-state index contributed by atoms with van der Waals surface area (Å²) in [6, 6.07) is 27.1. The second-order valence-electron chi connectivity index (χ2n) is 7.32. The lowest BCUT2D eigenvalue weighted by atomic mass is 10.0. The number of hydrogen-bond acceptors (Lipinski definition) is 4. The number of thiophene rings is 1. The second-order valence-corrected chi connectivity index (χ2v) is 9.22. The van der Waals surface area contributed by atoms with Gasteiger partial charge in [-0.3, -0.25) is 0 Å². The molecular formula is C26H14OS3. The van der Waals surface area contributed by atoms with E-state index in [1.54, 1.807) is 11.3 Å². The van der Waals surface area contributed by atoms with Crippen LogP contribution in [0.15, 0.2) is 88.9 Å². The summed E-state index contributed by atoms with van der Waals surface area (Å²) in [5, 5.41) is 2.35. The first-order valence-electron chi connectivity index (χ1n) is 9.60. The molecule has 2 heterocycles. The Morgan fingerprint density at radius 1 is 0.733 bits per heavy atom. The van der Waals surface area contributed by atoms with Crippen molar-refractivity contribution in [1.82, 2.24) is 0 Å². The Labute approximate surface area is 188 Å². The fourth-order valence-corrected chi connectivity index (χ4v) is 5.71. The van der Waals surface area contributed by atoms with Crippen LogP contribution in [-0.2, 0) is 0 Å². The topological polar surface area (TPSA) is 13.1 Å². The molecule has 6 rings (SSSR count). The fourth-order valence-electron chi connectivity index (χ4n) is 3.95. The molecule has 3 aromatic carbocycles. The summed E-state index contributed by atoms with van der Waals surface area (Å²) in [4.78, 5) is 2.80. The van der Waals surface area contributed by atoms with Gasteiger partial charge in [0.2, 0.25) is 0 Å². The summed E-state index contributed by atoms with van der Waals surface area (Å²) in [5.41, 5.74) is 5.08. The minimum Gasteiger partial charge on any atom is -0.456 e. The van der Waals surface area contributed by atoms with Gasteiger partial charge >= 0.3 is 0 Å². The molecule has 0 atom stereocenters. The lowest BCUT2D eigenvalue weighted by molar-refractivity contribution is 0.605. The summed E-state index contributed by atoms with van der Waals surface area (Å²) in [5.74, 6) is 0.785. The quantitative estimate of drug-likeness (QED) is 0.206. The Morgan fingerprint density at radius 2 is 1.37 bits per heavy atom. The van der Waals surface area contributed by atoms with Crippen LogP contribution in [0, 0.1) is 0 Å². The van der Waals surface area contributed by atoms with E-state index >= 15 is 0 Å². The number of benzene rings is 3. The molecule has 30 heavy (non-hydrogen) atoms. The van der Waals surface area contributed by atoms with Gasteiger partial charge in [0.15, 0.2) is 0 Å². The molecule has 0 amide bonds. The minimum absolute atomic E-state index is 0.785. The van der Waals surface area contributed by atoms with E-state index in [1.165, 1.54) is 21.2 Å². The summed E-state index contributed by atoms with van der Waals surface area (Å²) in [6.07, 6.45) is 1.99. The standard InChI is InChI=1S/C26H14OS3/c28-25-19-10-16-8-4-5-9-17(16)11-20(19)26(29)21(25)12-18-13-24-22(27-18)14-23(30-24)15-6-2-1-3-7-15/h1-14H. The maximum atomic E-state index is 6.12. The monoisotopic (exact) mass is 438 g/mol. The number of hydrogen-bond donors (Lipinski definition) is 0. The van der Waals surface area contributed by atoms with Gasteiger partial charge < -0.3 is 4.42 Å². The van der Waals surface area contributed by atoms with Crippen molar-refractivity contribution in [2.75, 3.05) is 0 Å². The highest BCUT2D eigenvalue weighted by molar-refractivity contribution is 7.84. The molecule has 2 aromatic heterocycles. The summed E-state index contributed by atoms with van der Waals surface area (Å²) >= 11 is 13.3. The van der Waals surface area contributed by atoms with E-state index in [0.29, 0.717) is 0 Å². The Kier molecular flexibility index (Phi) is 4.06. The van der Waals surface area contributed by atoms with E-state index < -0.39 is 0 Å². The Bertz CT molecular complexity index is 1430. The molecule has 142 valence electrons. The Hall–Kier alpha value is -2.92. The van der Waals surface area contributed by atoms with Crippen molar-refractivity contribution in [3.8, 4) is 10.4 Å². The first kappa shape index (κ1) is 17.9. The highest BCUT2D eigenvalue weighted by Gasteiger charge is 2.27. The highest BCUT2D eigenvalue weighted by atomic mass is 32.1. The van der Waals surface area contributed by atoms with Gasteiger partial charge in [-0.2, -0.15) is 0 Å². The Morgan fingerprint density at radius 3 is 2.00 bits per heavy atom. The van der Waals surface area contributed by atoms with Gasteiger partial charge in [0.05, 0.1) is 14.4 Å². The molecular weight excluding hydrogens is 424 g/mol. The third-order valence-corrected chi connectivity index (χ3v) is 7.43. The van der Waals surface area contributed by atoms with Gasteiger partial charge in [0.25, 0.3) is 0 Å². The number of rotatable bonds is 2. The van der Waals surface area contributed by atoms with Crippen LogP contribution in [0.1, 0.15) is 16.9 Å². The molecule has 1 nitrogen and oxygen atoms in total. The molecule has 0 N–H and O–H groups in total. The molecule has 0 spiro atoms. The van der Waals surface area contributed by atoms with E-state index in [1.807, 2.05) is 24.3 Å². The Balaban J connectivity index is 1.39. The van der Waals surface area contributed by atoms with E-state index in [4.69, 9.17) is 28.9 Å². The van der Waals surface area contributed by atoms with E-state index in [0.717, 1.165) is 42.5 Å². The SMILES string of the molecule is S=C1C(=Cc2cc3sc(-c4ccccc4)cc3o2)C(=S)c2cc3ccccc3cc21. The lowest BCUT2D eigenvalue weighted by Gasteiger charge is -2.02. The summed E-state index contributed by atoms with van der Waals surface area (Å²) in [7, 11) is 0. The molecule has 0 radical (unpaired) electrons. The zero-order valence-electron chi connectivity index (χ0n) is 15.7. The first-order chi connectivity index (χ1) is 14.7. The molecule has 0 saturated carbocycles. The van der Waals surface area contributed by atoms with E-state index in [2.05, 4.69) is 60.7 Å². The van der Waals surface area contributed by atoms with Crippen LogP contribution in [0.4, 0.5) is 0 Å². The first-order valence-corrected chi connectivity index (χ1v) is 11.2. The lowest BCUT2D eigenvalue weighted by Crippen LogP contribution is -1.97. The van der Waals surface area contributed by atoms with Crippen molar-refractivity contribution in [3.05, 3.63) is 101 Å². The van der Waals surface area contributed by atoms with E-state index in [9.17, 15) is 0 Å². The fraction of sp³-hybridized carbons (Fsp3) is 0. The molecule has 0 fully saturated rings. The highest BCUT2D eigenvalue weighted by Crippen LogP contribution is 2.37. The maximum absolute atomic E-state index is 6.12. The van der Waals surface area contributed by atoms with Gasteiger partial charge in [0, 0.05) is 33.7 Å². The summed E-state index contributed by atoms with van der Waals surface area (Å²) in [6.45, 7) is 0. The van der Waals surface area contributed by atoms with Gasteiger partial charge in [-0.1, -0.05) is 79.0 Å². The van der Waals surface area contributed by atoms with Crippen LogP contribution in [0.5, 0.6) is 0 Å². The number of furan rings is 1. The summed E-state index contributed by atoms with van der Waals surface area (Å²) < 4.78 is 7.24. The molecule has 0 aliphatic heterocycles. The van der Waals surface area contributed by atoms with Crippen LogP contribution in [0.25, 0.3) is 37.6 Å². The average Bonchev–Trinajstić information content (AvgIpc) is 3.41. The van der Waals surface area contributed by atoms with Gasteiger partial charge in [-0.05, 0) is 34.5 Å². The van der Waals surface area contributed by atoms with Crippen LogP contribution in [0.2, 0.25) is 0 Å². The number of fused-ring (bicyclic) bond motifs is 3. The van der Waals surface area contributed by atoms with Crippen molar-refractivity contribution >= 4 is 72.6 Å². The van der Waals surface area contributed by atoms with Crippen molar-refractivity contribution < 1.29 is 4.42 Å². The molecule has 0 saturated heterocycles. The van der Waals surface area contributed by atoms with Gasteiger partial charge in [-0.25, -0.2) is 0 Å². The molecule has 1 aliphatic rings. The predicted octanol–water partition coefficient (Wildman–Crippen LogP) is 7.85. The predicted molar refractivity (Wildman–Crippen MR) is 135 cm³/mol. The molecule has 1 aliphatic carbocycles. The largest absolute Gasteiger partial charge is 0.456 e. The normalized spacial score (nSPS) is 13.4. The van der Waals surface area contributed by atoms with Crippen molar-refractivity contribution in [1.29, 1.82) is 0 Å². The smallest absolute Gasteiger partial charge is 0.146 e. The number of allylic oxidation sites excluding steroid dienone is 1. The molecule has 0 bridgehead atoms. The van der Waals surface area contributed by atoms with Crippen LogP contribution in [-0.4, -0.2) is 9.73 Å². The molecule has 4 heteroatoms. The maximum Gasteiger partial charge on any atom is 0.146 e. The van der Waals surface area contributed by atoms with Crippen LogP contribution >= 0.6 is 35.8 Å². The van der Waals surface area contributed by atoms with Crippen molar-refractivity contribution in [3.63, 3.8) is 0 Å². The van der Waals surface area contributed by atoms with Crippen LogP contribution in [0.3, 0.4) is 0 Å². The van der Waals surface area contributed by atoms with E-state index in [-0.39, 0.29) is 0 Å². The van der Waals surface area contributed by atoms with Gasteiger partial charge in [-0.15, -0.1) is 11.3 Å². The zero-order valence-corrected chi connectivity index (χ0v) is 18.2. The second kappa shape index (κ2) is 6.81.